The summed E-state index contributed by atoms with van der Waals surface area (Å²) in [5.41, 5.74) is 6.47. The van der Waals surface area contributed by atoms with Crippen molar-refractivity contribution in [2.75, 3.05) is 5.73 Å². The van der Waals surface area contributed by atoms with Gasteiger partial charge in [0.15, 0.2) is 0 Å². The molecule has 4 aromatic carbocycles. The van der Waals surface area contributed by atoms with Crippen molar-refractivity contribution in [3.63, 3.8) is 0 Å². The molecule has 0 bridgehead atoms. The molecule has 4 aromatic rings. The molecule has 0 heterocycles. The van der Waals surface area contributed by atoms with Gasteiger partial charge in [0, 0.05) is 15.7 Å². The molecule has 0 saturated carbocycles. The summed E-state index contributed by atoms with van der Waals surface area (Å²) in [4.78, 5) is 21.7. The van der Waals surface area contributed by atoms with E-state index in [1.165, 1.54) is 6.07 Å². The molecule has 0 unspecified atom stereocenters. The number of carbonyl (C=O) groups excluding carboxylic acids is 1. The number of hydrogen-bond acceptors (Lipinski definition) is 4. The van der Waals surface area contributed by atoms with Crippen LogP contribution in [0.5, 0.6) is 0 Å². The van der Waals surface area contributed by atoms with Crippen molar-refractivity contribution in [3.05, 3.63) is 88.4 Å². The number of halogens is 1. The number of rotatable bonds is 2. The molecular weight excluding hydrogens is 445 g/mol. The summed E-state index contributed by atoms with van der Waals surface area (Å²) in [5.74, 6) is -2.10. The van der Waals surface area contributed by atoms with Gasteiger partial charge in [-0.25, -0.2) is 4.79 Å². The van der Waals surface area contributed by atoms with E-state index in [0.717, 1.165) is 20.6 Å². The third kappa shape index (κ3) is 5.36. The number of nitrogens with two attached hydrogens (primary N) is 1. The van der Waals surface area contributed by atoms with Crippen LogP contribution in [0.1, 0.15) is 20.7 Å². The topological polar surface area (TPSA) is 103 Å². The van der Waals surface area contributed by atoms with Gasteiger partial charge in [0.05, 0.1) is 11.5 Å². The molecule has 140 valence electrons. The van der Waals surface area contributed by atoms with Gasteiger partial charge < -0.3 is 20.7 Å². The van der Waals surface area contributed by atoms with E-state index in [1.807, 2.05) is 42.5 Å². The average molecular weight is 460 g/mol. The fourth-order valence-electron chi connectivity index (χ4n) is 2.95. The molecule has 0 saturated heterocycles. The first kappa shape index (κ1) is 22.9. The quantitative estimate of drug-likeness (QED) is 0.345. The van der Waals surface area contributed by atoms with Crippen molar-refractivity contribution in [2.24, 2.45) is 0 Å². The van der Waals surface area contributed by atoms with Crippen molar-refractivity contribution in [3.8, 4) is 0 Å². The van der Waals surface area contributed by atoms with E-state index < -0.39 is 11.9 Å². The summed E-state index contributed by atoms with van der Waals surface area (Å²) < 4.78 is 0.786. The second kappa shape index (κ2) is 9.89. The molecular formula is C22H15BrNNaO4. The van der Waals surface area contributed by atoms with Gasteiger partial charge in [-0.3, -0.25) is 0 Å². The summed E-state index contributed by atoms with van der Waals surface area (Å²) >= 11 is 3.29. The Balaban J connectivity index is 0.000000200. The Kier molecular flexibility index (Phi) is 7.81. The SMILES string of the molecule is Nc1cc(C(=O)[O-])c2ccccc2c1.O=C(O)c1cc(Br)cc2ccccc12.[Na+]. The number of benzene rings is 4. The smallest absolute Gasteiger partial charge is 0.545 e. The second-order valence-electron chi connectivity index (χ2n) is 6.06. The molecule has 5 nitrogen and oxygen atoms in total. The van der Waals surface area contributed by atoms with Gasteiger partial charge in [-0.05, 0) is 45.8 Å². The molecule has 4 rings (SSSR count). The molecule has 0 fully saturated rings. The van der Waals surface area contributed by atoms with Crippen LogP contribution in [0.25, 0.3) is 21.5 Å². The van der Waals surface area contributed by atoms with E-state index in [9.17, 15) is 14.7 Å². The molecule has 7 heteroatoms. The Bertz CT molecular complexity index is 1110. The van der Waals surface area contributed by atoms with Gasteiger partial charge in [0.1, 0.15) is 0 Å². The van der Waals surface area contributed by atoms with Crippen LogP contribution < -0.4 is 40.4 Å². The maximum atomic E-state index is 10.9. The van der Waals surface area contributed by atoms with Crippen molar-refractivity contribution >= 4 is 55.1 Å². The van der Waals surface area contributed by atoms with E-state index in [-0.39, 0.29) is 35.1 Å². The Hall–Kier alpha value is -2.38. The minimum absolute atomic E-state index is 0. The fourth-order valence-corrected chi connectivity index (χ4v) is 3.43. The molecule has 0 aliphatic heterocycles. The predicted octanol–water partition coefficient (Wildman–Crippen LogP) is 1.09. The Morgan fingerprint density at radius 2 is 1.34 bits per heavy atom. The van der Waals surface area contributed by atoms with Crippen LogP contribution in [-0.4, -0.2) is 17.0 Å². The predicted molar refractivity (Wildman–Crippen MR) is 111 cm³/mol. The minimum Gasteiger partial charge on any atom is -0.545 e. The summed E-state index contributed by atoms with van der Waals surface area (Å²) in [6.07, 6.45) is 0. The Morgan fingerprint density at radius 3 is 1.90 bits per heavy atom. The monoisotopic (exact) mass is 459 g/mol. The van der Waals surface area contributed by atoms with Gasteiger partial charge in [0.25, 0.3) is 0 Å². The largest absolute Gasteiger partial charge is 1.00 e. The Labute approximate surface area is 197 Å². The first-order valence-electron chi connectivity index (χ1n) is 8.28. The molecule has 0 spiro atoms. The van der Waals surface area contributed by atoms with Gasteiger partial charge in [0.2, 0.25) is 0 Å². The average Bonchev–Trinajstić information content (AvgIpc) is 2.66. The van der Waals surface area contributed by atoms with E-state index in [2.05, 4.69) is 15.9 Å². The van der Waals surface area contributed by atoms with E-state index in [1.54, 1.807) is 24.3 Å². The molecule has 0 aliphatic carbocycles. The summed E-state index contributed by atoms with van der Waals surface area (Å²) in [7, 11) is 0. The number of carboxylic acids is 2. The normalized spacial score (nSPS) is 9.97. The van der Waals surface area contributed by atoms with Crippen LogP contribution in [0.2, 0.25) is 0 Å². The first-order chi connectivity index (χ1) is 13.4. The zero-order valence-electron chi connectivity index (χ0n) is 15.6. The summed E-state index contributed by atoms with van der Waals surface area (Å²) in [6, 6.07) is 21.3. The number of aromatic carboxylic acids is 2. The molecule has 0 amide bonds. The van der Waals surface area contributed by atoms with Crippen molar-refractivity contribution in [2.45, 2.75) is 0 Å². The van der Waals surface area contributed by atoms with Crippen LogP contribution in [0.4, 0.5) is 5.69 Å². The molecule has 29 heavy (non-hydrogen) atoms. The number of fused-ring (bicyclic) bond motifs is 2. The van der Waals surface area contributed by atoms with Crippen LogP contribution in [0.3, 0.4) is 0 Å². The van der Waals surface area contributed by atoms with Crippen molar-refractivity contribution in [1.29, 1.82) is 0 Å². The molecule has 3 N–H and O–H groups in total. The zero-order valence-corrected chi connectivity index (χ0v) is 19.1. The summed E-state index contributed by atoms with van der Waals surface area (Å²) in [5, 5.41) is 22.9. The van der Waals surface area contributed by atoms with Crippen LogP contribution in [-0.2, 0) is 0 Å². The molecule has 0 aromatic heterocycles. The maximum absolute atomic E-state index is 10.9. The number of anilines is 1. The van der Waals surface area contributed by atoms with Crippen molar-refractivity contribution in [1.82, 2.24) is 0 Å². The molecule has 0 aliphatic rings. The molecule has 0 radical (unpaired) electrons. The number of nitrogen functional groups attached to an aromatic ring is 1. The summed E-state index contributed by atoms with van der Waals surface area (Å²) in [6.45, 7) is 0. The minimum atomic E-state index is -1.20. The fraction of sp³-hybridized carbons (Fsp3) is 0. The van der Waals surface area contributed by atoms with E-state index in [4.69, 9.17) is 10.8 Å². The zero-order chi connectivity index (χ0) is 20.3. The number of hydrogen-bond donors (Lipinski definition) is 2. The van der Waals surface area contributed by atoms with Gasteiger partial charge in [-0.2, -0.15) is 0 Å². The van der Waals surface area contributed by atoms with Gasteiger partial charge in [-0.1, -0.05) is 64.5 Å². The number of carbonyl (C=O) groups is 2. The van der Waals surface area contributed by atoms with Crippen LogP contribution in [0, 0.1) is 0 Å². The third-order valence-electron chi connectivity index (χ3n) is 4.16. The van der Waals surface area contributed by atoms with Crippen LogP contribution >= 0.6 is 15.9 Å². The van der Waals surface area contributed by atoms with E-state index >= 15 is 0 Å². The van der Waals surface area contributed by atoms with Gasteiger partial charge >= 0.3 is 35.5 Å². The standard InChI is InChI=1S/C11H7BrO2.C11H9NO2.Na/c2*12-8-5-7-3-1-2-4-9(7)10(6-8)11(13)14;/h1-6H,(H,13,14);1-6H,12H2,(H,13,14);/q;;+1/p-1. The van der Waals surface area contributed by atoms with Crippen LogP contribution in [0.15, 0.2) is 77.3 Å². The molecule has 0 atom stereocenters. The maximum Gasteiger partial charge on any atom is 1.00 e. The Morgan fingerprint density at radius 1 is 0.828 bits per heavy atom. The van der Waals surface area contributed by atoms with Gasteiger partial charge in [-0.15, -0.1) is 0 Å². The second-order valence-corrected chi connectivity index (χ2v) is 6.97. The third-order valence-corrected chi connectivity index (χ3v) is 4.62. The van der Waals surface area contributed by atoms with Crippen molar-refractivity contribution < 1.29 is 49.4 Å². The van der Waals surface area contributed by atoms with E-state index in [0.29, 0.717) is 16.6 Å². The first-order valence-corrected chi connectivity index (χ1v) is 9.07. The number of carboxylic acid groups (broad SMARTS) is 2.